The van der Waals surface area contributed by atoms with Crippen LogP contribution in [0.25, 0.3) is 0 Å². The van der Waals surface area contributed by atoms with Crippen LogP contribution in [-0.4, -0.2) is 18.1 Å². The number of rotatable bonds is 6. The van der Waals surface area contributed by atoms with Crippen LogP contribution in [-0.2, 0) is 0 Å². The van der Waals surface area contributed by atoms with E-state index in [1.54, 1.807) is 56.3 Å². The molecule has 0 heterocycles. The van der Waals surface area contributed by atoms with Gasteiger partial charge in [-0.25, -0.2) is 0 Å². The maximum absolute atomic E-state index is 13.2. The Morgan fingerprint density at radius 2 is 1.73 bits per heavy atom. The van der Waals surface area contributed by atoms with E-state index in [4.69, 9.17) is 0 Å². The second-order valence-corrected chi connectivity index (χ2v) is 7.24. The van der Waals surface area contributed by atoms with Gasteiger partial charge in [-0.1, -0.05) is 32.0 Å². The molecule has 1 atom stereocenters. The van der Waals surface area contributed by atoms with Crippen LogP contribution < -0.4 is 10.6 Å². The molecule has 0 aromatic heterocycles. The highest BCUT2D eigenvalue weighted by atomic mass is 79.9. The molecule has 1 unspecified atom stereocenters. The molecule has 26 heavy (non-hydrogen) atoms. The molecule has 2 aromatic carbocycles. The van der Waals surface area contributed by atoms with Crippen molar-refractivity contribution in [1.29, 1.82) is 0 Å². The molecule has 0 aliphatic rings. The lowest BCUT2D eigenvalue weighted by Gasteiger charge is -2.24. The summed E-state index contributed by atoms with van der Waals surface area (Å²) in [6.07, 6.45) is -4.38. The second-order valence-electron chi connectivity index (χ2n) is 6.38. The molecule has 7 heteroatoms. The van der Waals surface area contributed by atoms with Crippen LogP contribution in [0, 0.1) is 5.92 Å². The van der Waals surface area contributed by atoms with Crippen LogP contribution in [0.5, 0.6) is 0 Å². The van der Waals surface area contributed by atoms with Gasteiger partial charge in [0.1, 0.15) is 6.04 Å². The van der Waals surface area contributed by atoms with Gasteiger partial charge in [0.2, 0.25) is 0 Å². The third kappa shape index (κ3) is 5.76. The van der Waals surface area contributed by atoms with E-state index >= 15 is 0 Å². The molecule has 0 saturated heterocycles. The highest BCUT2D eigenvalue weighted by molar-refractivity contribution is 9.10. The van der Waals surface area contributed by atoms with Crippen LogP contribution in [0.2, 0.25) is 0 Å². The molecule has 0 bridgehead atoms. The lowest BCUT2D eigenvalue weighted by molar-refractivity contribution is -0.145. The van der Waals surface area contributed by atoms with Crippen molar-refractivity contribution in [3.63, 3.8) is 0 Å². The van der Waals surface area contributed by atoms with Gasteiger partial charge in [-0.05, 0) is 58.6 Å². The van der Waals surface area contributed by atoms with Gasteiger partial charge < -0.3 is 10.6 Å². The van der Waals surface area contributed by atoms with Crippen molar-refractivity contribution in [3.8, 4) is 0 Å². The highest BCUT2D eigenvalue weighted by Crippen LogP contribution is 2.29. The first-order chi connectivity index (χ1) is 12.2. The summed E-state index contributed by atoms with van der Waals surface area (Å²) < 4.78 is 40.3. The summed E-state index contributed by atoms with van der Waals surface area (Å²) in [6.45, 7) is 3.49. The summed E-state index contributed by atoms with van der Waals surface area (Å²) >= 11 is 3.30. The molecule has 0 aliphatic carbocycles. The topological polar surface area (TPSA) is 41.1 Å². The van der Waals surface area contributed by atoms with Crippen molar-refractivity contribution in [1.82, 2.24) is 0 Å². The minimum atomic E-state index is -4.35. The van der Waals surface area contributed by atoms with Crippen molar-refractivity contribution in [2.24, 2.45) is 5.92 Å². The average Bonchev–Trinajstić information content (AvgIpc) is 2.53. The molecule has 1 amide bonds. The van der Waals surface area contributed by atoms with Crippen molar-refractivity contribution >= 4 is 33.2 Å². The molecule has 2 aromatic rings. The number of hydrogen-bond donors (Lipinski definition) is 2. The molecule has 2 rings (SSSR count). The molecular weight excluding hydrogens is 409 g/mol. The minimum Gasteiger partial charge on any atom is -0.374 e. The normalized spacial score (nSPS) is 12.7. The first kappa shape index (κ1) is 20.3. The molecule has 3 nitrogen and oxygen atoms in total. The monoisotopic (exact) mass is 428 g/mol. The van der Waals surface area contributed by atoms with Crippen molar-refractivity contribution in [3.05, 3.63) is 58.6 Å². The number of halogens is 4. The van der Waals surface area contributed by atoms with E-state index < -0.39 is 12.2 Å². The van der Waals surface area contributed by atoms with E-state index in [1.165, 1.54) is 6.07 Å². The smallest absolute Gasteiger partial charge is 0.374 e. The summed E-state index contributed by atoms with van der Waals surface area (Å²) in [5.74, 6) is -0.448. The fraction of sp³-hybridized carbons (Fsp3) is 0.316. The SMILES string of the molecule is CC(C)CC(Nc1cccc(NC(=O)c2ccccc2Br)c1)C(F)(F)F. The van der Waals surface area contributed by atoms with E-state index in [9.17, 15) is 18.0 Å². The Morgan fingerprint density at radius 1 is 1.08 bits per heavy atom. The van der Waals surface area contributed by atoms with Crippen molar-refractivity contribution < 1.29 is 18.0 Å². The lowest BCUT2D eigenvalue weighted by atomic mass is 10.0. The quantitative estimate of drug-likeness (QED) is 0.584. The fourth-order valence-electron chi connectivity index (χ4n) is 2.48. The van der Waals surface area contributed by atoms with Crippen molar-refractivity contribution in [2.45, 2.75) is 32.5 Å². The predicted octanol–water partition coefficient (Wildman–Crippen LogP) is 6.09. The van der Waals surface area contributed by atoms with Crippen LogP contribution in [0.15, 0.2) is 53.0 Å². The minimum absolute atomic E-state index is 0.0307. The van der Waals surface area contributed by atoms with Crippen molar-refractivity contribution in [2.75, 3.05) is 10.6 Å². The Balaban J connectivity index is 2.14. The Morgan fingerprint density at radius 3 is 2.35 bits per heavy atom. The Labute approximate surface area is 159 Å². The maximum atomic E-state index is 13.2. The average molecular weight is 429 g/mol. The zero-order valence-electron chi connectivity index (χ0n) is 14.4. The molecule has 140 valence electrons. The Kier molecular flexibility index (Phi) is 6.69. The van der Waals surface area contributed by atoms with Gasteiger partial charge >= 0.3 is 6.18 Å². The second kappa shape index (κ2) is 8.58. The number of alkyl halides is 3. The number of amides is 1. The standard InChI is InChI=1S/C19H20BrF3N2O/c1-12(2)10-17(19(21,22)23)24-13-6-5-7-14(11-13)25-18(26)15-8-3-4-9-16(15)20/h3-9,11-12,17,24H,10H2,1-2H3,(H,25,26). The zero-order chi connectivity index (χ0) is 19.3. The molecule has 0 radical (unpaired) electrons. The van der Waals surface area contributed by atoms with E-state index in [1.807, 2.05) is 0 Å². The summed E-state index contributed by atoms with van der Waals surface area (Å²) in [6, 6.07) is 11.6. The summed E-state index contributed by atoms with van der Waals surface area (Å²) in [5.41, 5.74) is 1.16. The largest absolute Gasteiger partial charge is 0.408 e. The van der Waals surface area contributed by atoms with Gasteiger partial charge in [-0.3, -0.25) is 4.79 Å². The van der Waals surface area contributed by atoms with E-state index in [0.717, 1.165) is 0 Å². The summed E-state index contributed by atoms with van der Waals surface area (Å²) in [7, 11) is 0. The molecule has 2 N–H and O–H groups in total. The third-order valence-electron chi connectivity index (χ3n) is 3.68. The van der Waals surface area contributed by atoms with Gasteiger partial charge in [-0.15, -0.1) is 0 Å². The Hall–Kier alpha value is -2.02. The number of nitrogens with one attached hydrogen (secondary N) is 2. The fourth-order valence-corrected chi connectivity index (χ4v) is 2.94. The third-order valence-corrected chi connectivity index (χ3v) is 4.37. The van der Waals surface area contributed by atoms with Gasteiger partial charge in [-0.2, -0.15) is 13.2 Å². The number of carbonyl (C=O) groups is 1. The molecule has 0 aliphatic heterocycles. The van der Waals surface area contributed by atoms with Gasteiger partial charge in [0.25, 0.3) is 5.91 Å². The summed E-state index contributed by atoms with van der Waals surface area (Å²) in [4.78, 5) is 12.3. The number of carbonyl (C=O) groups excluding carboxylic acids is 1. The first-order valence-electron chi connectivity index (χ1n) is 8.16. The lowest BCUT2D eigenvalue weighted by Crippen LogP contribution is -2.37. The van der Waals surface area contributed by atoms with E-state index in [2.05, 4.69) is 26.6 Å². The molecule has 0 saturated carbocycles. The van der Waals surface area contributed by atoms with Gasteiger partial charge in [0.05, 0.1) is 5.56 Å². The Bertz CT molecular complexity index is 762. The van der Waals surface area contributed by atoms with Gasteiger partial charge in [0, 0.05) is 15.8 Å². The molecule has 0 fully saturated rings. The first-order valence-corrected chi connectivity index (χ1v) is 8.95. The predicted molar refractivity (Wildman–Crippen MR) is 101 cm³/mol. The van der Waals surface area contributed by atoms with E-state index in [-0.39, 0.29) is 18.2 Å². The number of hydrogen-bond acceptors (Lipinski definition) is 2. The maximum Gasteiger partial charge on any atom is 0.408 e. The number of anilines is 2. The number of benzene rings is 2. The van der Waals surface area contributed by atoms with Gasteiger partial charge in [0.15, 0.2) is 0 Å². The van der Waals surface area contributed by atoms with Crippen LogP contribution in [0.4, 0.5) is 24.5 Å². The molecule has 0 spiro atoms. The highest BCUT2D eigenvalue weighted by Gasteiger charge is 2.39. The van der Waals surface area contributed by atoms with Crippen LogP contribution in [0.3, 0.4) is 0 Å². The van der Waals surface area contributed by atoms with Crippen LogP contribution >= 0.6 is 15.9 Å². The molecular formula is C19H20BrF3N2O. The van der Waals surface area contributed by atoms with E-state index in [0.29, 0.717) is 21.4 Å². The summed E-state index contributed by atoms with van der Waals surface area (Å²) in [5, 5.41) is 5.23. The zero-order valence-corrected chi connectivity index (χ0v) is 16.0. The van der Waals surface area contributed by atoms with Crippen LogP contribution in [0.1, 0.15) is 30.6 Å².